The summed E-state index contributed by atoms with van der Waals surface area (Å²) in [5, 5.41) is 3.56. The SMILES string of the molecule is CCCc1cc(C(=O)NNC(=S)Nc2c(C)cccc2CC)sc1C. The summed E-state index contributed by atoms with van der Waals surface area (Å²) in [6.45, 7) is 8.33. The molecule has 1 aromatic carbocycles. The van der Waals surface area contributed by atoms with E-state index in [0.29, 0.717) is 9.99 Å². The van der Waals surface area contributed by atoms with Crippen molar-refractivity contribution in [2.45, 2.75) is 47.0 Å². The highest BCUT2D eigenvalue weighted by molar-refractivity contribution is 7.80. The van der Waals surface area contributed by atoms with Gasteiger partial charge in [0.05, 0.1) is 4.88 Å². The Hall–Kier alpha value is -1.92. The third-order valence-corrected chi connectivity index (χ3v) is 5.33. The van der Waals surface area contributed by atoms with E-state index in [-0.39, 0.29) is 5.91 Å². The molecule has 25 heavy (non-hydrogen) atoms. The monoisotopic (exact) mass is 375 g/mol. The van der Waals surface area contributed by atoms with Crippen molar-refractivity contribution in [3.8, 4) is 0 Å². The molecule has 1 amide bonds. The minimum Gasteiger partial charge on any atom is -0.331 e. The van der Waals surface area contributed by atoms with E-state index in [2.05, 4.69) is 43.0 Å². The number of thiocarbonyl (C=S) groups is 1. The molecule has 0 unspecified atom stereocenters. The molecule has 0 saturated carbocycles. The summed E-state index contributed by atoms with van der Waals surface area (Å²) >= 11 is 6.82. The van der Waals surface area contributed by atoms with Crippen LogP contribution in [-0.2, 0) is 12.8 Å². The van der Waals surface area contributed by atoms with E-state index in [0.717, 1.165) is 30.5 Å². The molecule has 0 aliphatic carbocycles. The van der Waals surface area contributed by atoms with Gasteiger partial charge in [-0.3, -0.25) is 15.6 Å². The molecular formula is C19H25N3OS2. The van der Waals surface area contributed by atoms with Crippen LogP contribution in [-0.4, -0.2) is 11.0 Å². The van der Waals surface area contributed by atoms with Gasteiger partial charge in [0.1, 0.15) is 0 Å². The maximum absolute atomic E-state index is 12.3. The van der Waals surface area contributed by atoms with Gasteiger partial charge in [-0.15, -0.1) is 11.3 Å². The molecule has 2 rings (SSSR count). The van der Waals surface area contributed by atoms with Crippen molar-refractivity contribution >= 4 is 40.3 Å². The van der Waals surface area contributed by atoms with Gasteiger partial charge in [0.2, 0.25) is 0 Å². The Bertz CT molecular complexity index is 768. The molecule has 0 saturated heterocycles. The molecule has 134 valence electrons. The molecule has 1 heterocycles. The minimum absolute atomic E-state index is 0.167. The number of hydrogen-bond acceptors (Lipinski definition) is 3. The van der Waals surface area contributed by atoms with E-state index < -0.39 is 0 Å². The van der Waals surface area contributed by atoms with Crippen molar-refractivity contribution in [3.63, 3.8) is 0 Å². The fourth-order valence-corrected chi connectivity index (χ4v) is 3.79. The summed E-state index contributed by atoms with van der Waals surface area (Å²) in [6.07, 6.45) is 2.98. The van der Waals surface area contributed by atoms with Gasteiger partial charge in [0.15, 0.2) is 5.11 Å². The summed E-state index contributed by atoms with van der Waals surface area (Å²) < 4.78 is 0. The maximum atomic E-state index is 12.3. The second-order valence-electron chi connectivity index (χ2n) is 5.94. The molecule has 0 spiro atoms. The number of anilines is 1. The quantitative estimate of drug-likeness (QED) is 0.532. The summed E-state index contributed by atoms with van der Waals surface area (Å²) in [4.78, 5) is 14.2. The average Bonchev–Trinajstić information content (AvgIpc) is 2.96. The molecule has 0 aliphatic rings. The first-order chi connectivity index (χ1) is 12.0. The van der Waals surface area contributed by atoms with E-state index in [4.69, 9.17) is 12.2 Å². The van der Waals surface area contributed by atoms with Gasteiger partial charge in [0, 0.05) is 10.6 Å². The Morgan fingerprint density at radius 1 is 1.16 bits per heavy atom. The van der Waals surface area contributed by atoms with Gasteiger partial charge < -0.3 is 5.32 Å². The smallest absolute Gasteiger partial charge is 0.279 e. The topological polar surface area (TPSA) is 53.2 Å². The second kappa shape index (κ2) is 8.97. The Labute approximate surface area is 159 Å². The fourth-order valence-electron chi connectivity index (χ4n) is 2.67. The first-order valence-corrected chi connectivity index (χ1v) is 9.73. The molecule has 0 radical (unpaired) electrons. The Balaban J connectivity index is 1.96. The van der Waals surface area contributed by atoms with Crippen molar-refractivity contribution in [3.05, 3.63) is 50.7 Å². The van der Waals surface area contributed by atoms with Crippen LogP contribution in [0, 0.1) is 13.8 Å². The third-order valence-electron chi connectivity index (χ3n) is 4.03. The number of hydrogen-bond donors (Lipinski definition) is 3. The number of nitrogens with one attached hydrogen (secondary N) is 3. The summed E-state index contributed by atoms with van der Waals surface area (Å²) in [5.74, 6) is -0.167. The highest BCUT2D eigenvalue weighted by atomic mass is 32.1. The second-order valence-corrected chi connectivity index (χ2v) is 7.60. The van der Waals surface area contributed by atoms with Crippen molar-refractivity contribution in [2.24, 2.45) is 0 Å². The average molecular weight is 376 g/mol. The zero-order valence-electron chi connectivity index (χ0n) is 15.2. The maximum Gasteiger partial charge on any atom is 0.279 e. The van der Waals surface area contributed by atoms with E-state index >= 15 is 0 Å². The normalized spacial score (nSPS) is 10.4. The number of benzene rings is 1. The predicted molar refractivity (Wildman–Crippen MR) is 110 cm³/mol. The van der Waals surface area contributed by atoms with Crippen LogP contribution in [0.1, 0.15) is 51.5 Å². The molecule has 0 bridgehead atoms. The van der Waals surface area contributed by atoms with Crippen LogP contribution in [0.25, 0.3) is 0 Å². The van der Waals surface area contributed by atoms with E-state index in [1.54, 1.807) is 0 Å². The Morgan fingerprint density at radius 3 is 2.60 bits per heavy atom. The Morgan fingerprint density at radius 2 is 1.92 bits per heavy atom. The number of hydrazine groups is 1. The lowest BCUT2D eigenvalue weighted by Crippen LogP contribution is -2.43. The standard InChI is InChI=1S/C19H25N3OS2/c1-5-8-15-11-16(25-13(15)4)18(23)21-22-19(24)20-17-12(3)9-7-10-14(17)6-2/h7,9-11H,5-6,8H2,1-4H3,(H,21,23)(H2,20,22,24). The number of para-hydroxylation sites is 1. The van der Waals surface area contributed by atoms with E-state index in [1.165, 1.54) is 27.3 Å². The molecule has 0 fully saturated rings. The first-order valence-electron chi connectivity index (χ1n) is 8.51. The van der Waals surface area contributed by atoms with Gasteiger partial charge >= 0.3 is 0 Å². The highest BCUT2D eigenvalue weighted by Crippen LogP contribution is 2.23. The lowest BCUT2D eigenvalue weighted by Gasteiger charge is -2.16. The van der Waals surface area contributed by atoms with Crippen LogP contribution in [0.3, 0.4) is 0 Å². The number of rotatable bonds is 5. The van der Waals surface area contributed by atoms with E-state index in [1.807, 2.05) is 25.1 Å². The van der Waals surface area contributed by atoms with Crippen LogP contribution in [0.2, 0.25) is 0 Å². The van der Waals surface area contributed by atoms with Crippen LogP contribution >= 0.6 is 23.6 Å². The van der Waals surface area contributed by atoms with Crippen molar-refractivity contribution < 1.29 is 4.79 Å². The number of amides is 1. The van der Waals surface area contributed by atoms with Crippen molar-refractivity contribution in [1.29, 1.82) is 0 Å². The van der Waals surface area contributed by atoms with Gasteiger partial charge in [-0.1, -0.05) is 38.5 Å². The fraction of sp³-hybridized carbons (Fsp3) is 0.368. The predicted octanol–water partition coefficient (Wildman–Crippen LogP) is 4.51. The number of aryl methyl sites for hydroxylation is 4. The zero-order valence-corrected chi connectivity index (χ0v) is 16.8. The number of thiophene rings is 1. The molecule has 6 heteroatoms. The highest BCUT2D eigenvalue weighted by Gasteiger charge is 2.13. The Kier molecular flexibility index (Phi) is 6.96. The summed E-state index contributed by atoms with van der Waals surface area (Å²) in [7, 11) is 0. The molecule has 2 aromatic rings. The number of carbonyl (C=O) groups excluding carboxylic acids is 1. The van der Waals surface area contributed by atoms with Crippen LogP contribution < -0.4 is 16.2 Å². The largest absolute Gasteiger partial charge is 0.331 e. The van der Waals surface area contributed by atoms with Crippen LogP contribution in [0.15, 0.2) is 24.3 Å². The first kappa shape index (κ1) is 19.4. The molecule has 1 aromatic heterocycles. The molecule has 4 nitrogen and oxygen atoms in total. The lowest BCUT2D eigenvalue weighted by molar-refractivity contribution is 0.0948. The van der Waals surface area contributed by atoms with Crippen molar-refractivity contribution in [2.75, 3.05) is 5.32 Å². The van der Waals surface area contributed by atoms with Gasteiger partial charge in [-0.25, -0.2) is 0 Å². The summed E-state index contributed by atoms with van der Waals surface area (Å²) in [5.41, 5.74) is 10.0. The van der Waals surface area contributed by atoms with Crippen LogP contribution in [0.5, 0.6) is 0 Å². The van der Waals surface area contributed by atoms with Crippen LogP contribution in [0.4, 0.5) is 5.69 Å². The van der Waals surface area contributed by atoms with Crippen molar-refractivity contribution in [1.82, 2.24) is 10.9 Å². The van der Waals surface area contributed by atoms with Gasteiger partial charge in [-0.05, 0) is 61.7 Å². The molecule has 0 atom stereocenters. The van der Waals surface area contributed by atoms with E-state index in [9.17, 15) is 4.79 Å². The zero-order chi connectivity index (χ0) is 18.4. The third kappa shape index (κ3) is 5.03. The van der Waals surface area contributed by atoms with Gasteiger partial charge in [-0.2, -0.15) is 0 Å². The molecular weight excluding hydrogens is 350 g/mol. The lowest BCUT2D eigenvalue weighted by atomic mass is 10.1. The van der Waals surface area contributed by atoms with Gasteiger partial charge in [0.25, 0.3) is 5.91 Å². The minimum atomic E-state index is -0.167. The molecule has 0 aliphatic heterocycles. The molecule has 3 N–H and O–H groups in total. The number of carbonyl (C=O) groups is 1. The summed E-state index contributed by atoms with van der Waals surface area (Å²) in [6, 6.07) is 8.10.